The number of benzene rings is 1. The van der Waals surface area contributed by atoms with Crippen LogP contribution in [0.1, 0.15) is 18.9 Å². The van der Waals surface area contributed by atoms with Crippen molar-refractivity contribution in [3.63, 3.8) is 0 Å². The van der Waals surface area contributed by atoms with Gasteiger partial charge in [0, 0.05) is 6.42 Å². The van der Waals surface area contributed by atoms with Crippen molar-refractivity contribution in [3.8, 4) is 5.75 Å². The Morgan fingerprint density at radius 2 is 2.07 bits per heavy atom. The monoisotopic (exact) mass is 207 g/mol. The third kappa shape index (κ3) is 3.62. The molecule has 1 N–H and O–H groups in total. The minimum Gasteiger partial charge on any atom is -0.494 e. The molecule has 0 unspecified atom stereocenters. The number of methoxy groups -OCH3 is 1. The van der Waals surface area contributed by atoms with Crippen LogP contribution >= 0.6 is 0 Å². The van der Waals surface area contributed by atoms with Gasteiger partial charge >= 0.3 is 0 Å². The van der Waals surface area contributed by atoms with Crippen molar-refractivity contribution in [1.29, 1.82) is 5.41 Å². The lowest BCUT2D eigenvalue weighted by Gasteiger charge is -2.09. The summed E-state index contributed by atoms with van der Waals surface area (Å²) in [5, 5.41) is 7.40. The van der Waals surface area contributed by atoms with Gasteiger partial charge < -0.3 is 9.47 Å². The minimum atomic E-state index is 0.307. The number of para-hydroxylation sites is 1. The Morgan fingerprint density at radius 3 is 2.73 bits per heavy atom. The molecular formula is C12H17NO2. The summed E-state index contributed by atoms with van der Waals surface area (Å²) in [5.74, 6) is 1.21. The lowest BCUT2D eigenvalue weighted by Crippen LogP contribution is -2.03. The molecule has 0 saturated heterocycles. The fourth-order valence-electron chi connectivity index (χ4n) is 1.36. The van der Waals surface area contributed by atoms with Crippen LogP contribution in [0.4, 0.5) is 0 Å². The zero-order valence-corrected chi connectivity index (χ0v) is 9.25. The molecule has 3 nitrogen and oxygen atoms in total. The fraction of sp³-hybridized carbons (Fsp3) is 0.417. The minimum absolute atomic E-state index is 0.307. The van der Waals surface area contributed by atoms with Crippen molar-refractivity contribution in [2.24, 2.45) is 0 Å². The van der Waals surface area contributed by atoms with Crippen LogP contribution < -0.4 is 4.74 Å². The molecule has 0 radical (unpaired) electrons. The molecule has 0 aliphatic carbocycles. The van der Waals surface area contributed by atoms with Crippen molar-refractivity contribution < 1.29 is 9.47 Å². The van der Waals surface area contributed by atoms with Crippen molar-refractivity contribution in [1.82, 2.24) is 0 Å². The van der Waals surface area contributed by atoms with Crippen molar-refractivity contribution in [3.05, 3.63) is 29.8 Å². The van der Waals surface area contributed by atoms with E-state index in [1.807, 2.05) is 31.2 Å². The summed E-state index contributed by atoms with van der Waals surface area (Å²) in [7, 11) is 1.52. The molecule has 0 fully saturated rings. The Morgan fingerprint density at radius 1 is 1.33 bits per heavy atom. The van der Waals surface area contributed by atoms with E-state index in [9.17, 15) is 0 Å². The van der Waals surface area contributed by atoms with Crippen molar-refractivity contribution in [2.45, 2.75) is 19.8 Å². The first-order valence-corrected chi connectivity index (χ1v) is 5.10. The fourth-order valence-corrected chi connectivity index (χ4v) is 1.36. The van der Waals surface area contributed by atoms with Gasteiger partial charge in [-0.15, -0.1) is 0 Å². The lowest BCUT2D eigenvalue weighted by atomic mass is 10.1. The van der Waals surface area contributed by atoms with Crippen LogP contribution in [0.25, 0.3) is 0 Å². The molecule has 15 heavy (non-hydrogen) atoms. The average molecular weight is 207 g/mol. The lowest BCUT2D eigenvalue weighted by molar-refractivity contribution is 0.336. The first kappa shape index (κ1) is 11.6. The number of aryl methyl sites for hydroxylation is 1. The van der Waals surface area contributed by atoms with Crippen molar-refractivity contribution >= 4 is 5.90 Å². The van der Waals surface area contributed by atoms with Gasteiger partial charge in [0.2, 0.25) is 0 Å². The molecule has 3 heteroatoms. The van der Waals surface area contributed by atoms with Gasteiger partial charge in [-0.1, -0.05) is 18.2 Å². The molecule has 0 saturated carbocycles. The molecule has 0 aliphatic heterocycles. The van der Waals surface area contributed by atoms with Gasteiger partial charge in [-0.3, -0.25) is 5.41 Å². The third-order valence-electron chi connectivity index (χ3n) is 2.14. The SMILES string of the molecule is CCOc1ccccc1CCC(=N)OC. The number of nitrogens with one attached hydrogen (secondary N) is 1. The second-order valence-corrected chi connectivity index (χ2v) is 3.17. The normalized spacial score (nSPS) is 9.73. The van der Waals surface area contributed by atoms with E-state index in [0.717, 1.165) is 17.7 Å². The quantitative estimate of drug-likeness (QED) is 0.595. The van der Waals surface area contributed by atoms with E-state index in [4.69, 9.17) is 14.9 Å². The topological polar surface area (TPSA) is 42.3 Å². The molecule has 1 aromatic rings. The highest BCUT2D eigenvalue weighted by Crippen LogP contribution is 2.19. The Balaban J connectivity index is 2.62. The van der Waals surface area contributed by atoms with E-state index in [2.05, 4.69) is 0 Å². The number of rotatable bonds is 5. The molecule has 0 spiro atoms. The van der Waals surface area contributed by atoms with Crippen LogP contribution in [-0.4, -0.2) is 19.6 Å². The molecule has 0 atom stereocenters. The second kappa shape index (κ2) is 6.06. The van der Waals surface area contributed by atoms with Crippen LogP contribution in [0, 0.1) is 5.41 Å². The molecule has 1 rings (SSSR count). The Bertz CT molecular complexity index is 323. The summed E-state index contributed by atoms with van der Waals surface area (Å²) in [6, 6.07) is 7.91. The van der Waals surface area contributed by atoms with Crippen LogP contribution in [0.5, 0.6) is 5.75 Å². The highest BCUT2D eigenvalue weighted by molar-refractivity contribution is 5.72. The molecular weight excluding hydrogens is 190 g/mol. The predicted molar refractivity (Wildman–Crippen MR) is 60.7 cm³/mol. The van der Waals surface area contributed by atoms with Crippen LogP contribution in [0.15, 0.2) is 24.3 Å². The molecule has 1 aromatic carbocycles. The highest BCUT2D eigenvalue weighted by atomic mass is 16.5. The zero-order chi connectivity index (χ0) is 11.1. The first-order chi connectivity index (χ1) is 7.27. The molecule has 0 bridgehead atoms. The summed E-state index contributed by atoms with van der Waals surface area (Å²) >= 11 is 0. The van der Waals surface area contributed by atoms with Gasteiger partial charge in [-0.25, -0.2) is 0 Å². The maximum Gasteiger partial charge on any atom is 0.180 e. The number of hydrogen-bond donors (Lipinski definition) is 1. The maximum absolute atomic E-state index is 7.40. The van der Waals surface area contributed by atoms with E-state index in [1.165, 1.54) is 7.11 Å². The van der Waals surface area contributed by atoms with Gasteiger partial charge in [-0.2, -0.15) is 0 Å². The van der Waals surface area contributed by atoms with Crippen molar-refractivity contribution in [2.75, 3.05) is 13.7 Å². The van der Waals surface area contributed by atoms with E-state index in [-0.39, 0.29) is 0 Å². The van der Waals surface area contributed by atoms with E-state index >= 15 is 0 Å². The molecule has 0 aliphatic rings. The molecule has 0 aromatic heterocycles. The van der Waals surface area contributed by atoms with E-state index in [0.29, 0.717) is 18.9 Å². The predicted octanol–water partition coefficient (Wildman–Crippen LogP) is 2.64. The van der Waals surface area contributed by atoms with Crippen LogP contribution in [-0.2, 0) is 11.2 Å². The largest absolute Gasteiger partial charge is 0.494 e. The average Bonchev–Trinajstić information content (AvgIpc) is 2.28. The smallest absolute Gasteiger partial charge is 0.180 e. The van der Waals surface area contributed by atoms with E-state index < -0.39 is 0 Å². The van der Waals surface area contributed by atoms with Gasteiger partial charge in [-0.05, 0) is 25.0 Å². The summed E-state index contributed by atoms with van der Waals surface area (Å²) < 4.78 is 10.3. The first-order valence-electron chi connectivity index (χ1n) is 5.10. The van der Waals surface area contributed by atoms with Crippen LogP contribution in [0.2, 0.25) is 0 Å². The maximum atomic E-state index is 7.40. The number of hydrogen-bond acceptors (Lipinski definition) is 3. The molecule has 0 heterocycles. The van der Waals surface area contributed by atoms with E-state index in [1.54, 1.807) is 0 Å². The van der Waals surface area contributed by atoms with Gasteiger partial charge in [0.25, 0.3) is 0 Å². The van der Waals surface area contributed by atoms with Gasteiger partial charge in [0.1, 0.15) is 5.75 Å². The Hall–Kier alpha value is -1.51. The highest BCUT2D eigenvalue weighted by Gasteiger charge is 2.03. The summed E-state index contributed by atoms with van der Waals surface area (Å²) in [6.45, 7) is 2.63. The summed E-state index contributed by atoms with van der Waals surface area (Å²) in [6.07, 6.45) is 1.39. The Labute approximate surface area is 90.5 Å². The van der Waals surface area contributed by atoms with Gasteiger partial charge in [0.05, 0.1) is 13.7 Å². The second-order valence-electron chi connectivity index (χ2n) is 3.17. The Kier molecular flexibility index (Phi) is 4.68. The molecule has 0 amide bonds. The van der Waals surface area contributed by atoms with Gasteiger partial charge in [0.15, 0.2) is 5.90 Å². The van der Waals surface area contributed by atoms with Crippen LogP contribution in [0.3, 0.4) is 0 Å². The summed E-state index contributed by atoms with van der Waals surface area (Å²) in [4.78, 5) is 0. The zero-order valence-electron chi connectivity index (χ0n) is 9.25. The molecule has 82 valence electrons. The third-order valence-corrected chi connectivity index (χ3v) is 2.14. The number of ether oxygens (including phenoxy) is 2. The standard InChI is InChI=1S/C12H17NO2/c1-3-15-11-7-5-4-6-10(11)8-9-12(13)14-2/h4-7,13H,3,8-9H2,1-2H3. The summed E-state index contributed by atoms with van der Waals surface area (Å²) in [5.41, 5.74) is 1.13.